The number of piperidine rings is 1. The van der Waals surface area contributed by atoms with E-state index in [-0.39, 0.29) is 0 Å². The average Bonchev–Trinajstić information content (AvgIpc) is 3.03. The van der Waals surface area contributed by atoms with Crippen LogP contribution in [0.15, 0.2) is 5.51 Å². The zero-order chi connectivity index (χ0) is 12.4. The number of hydrogen-bond acceptors (Lipinski definition) is 4. The summed E-state index contributed by atoms with van der Waals surface area (Å²) in [6.07, 6.45) is 6.86. The van der Waals surface area contributed by atoms with Crippen molar-refractivity contribution in [1.29, 1.82) is 0 Å². The average molecular weight is 265 g/mol. The number of nitrogens with one attached hydrogen (secondary N) is 1. The Morgan fingerprint density at radius 1 is 1.39 bits per heavy atom. The van der Waals surface area contributed by atoms with E-state index in [1.54, 1.807) is 0 Å². The molecule has 0 radical (unpaired) electrons. The molecule has 4 heteroatoms. The molecule has 0 bridgehead atoms. The molecule has 2 atom stereocenters. The van der Waals surface area contributed by atoms with E-state index < -0.39 is 0 Å². The van der Waals surface area contributed by atoms with Gasteiger partial charge in [0.15, 0.2) is 0 Å². The van der Waals surface area contributed by atoms with Crippen LogP contribution in [-0.4, -0.2) is 35.1 Å². The van der Waals surface area contributed by atoms with Crippen LogP contribution in [0.3, 0.4) is 0 Å². The number of rotatable bonds is 3. The van der Waals surface area contributed by atoms with E-state index in [0.29, 0.717) is 0 Å². The smallest absolute Gasteiger partial charge is 0.0798 e. The third kappa shape index (κ3) is 2.60. The molecule has 1 aromatic heterocycles. The zero-order valence-electron chi connectivity index (χ0n) is 11.2. The van der Waals surface area contributed by atoms with Crippen molar-refractivity contribution in [1.82, 2.24) is 15.2 Å². The summed E-state index contributed by atoms with van der Waals surface area (Å²) < 4.78 is 0. The van der Waals surface area contributed by atoms with Gasteiger partial charge in [-0.25, -0.2) is 4.98 Å². The number of likely N-dealkylation sites (tertiary alicyclic amines) is 1. The molecule has 2 aliphatic heterocycles. The second-order valence-electron chi connectivity index (χ2n) is 5.60. The van der Waals surface area contributed by atoms with Gasteiger partial charge in [0.2, 0.25) is 0 Å². The normalized spacial score (nSPS) is 29.8. The van der Waals surface area contributed by atoms with Crippen molar-refractivity contribution in [2.75, 3.05) is 13.1 Å². The first-order chi connectivity index (χ1) is 8.84. The minimum atomic E-state index is 0.735. The Bertz CT molecular complexity index is 384. The van der Waals surface area contributed by atoms with Gasteiger partial charge >= 0.3 is 0 Å². The number of hydrogen-bond donors (Lipinski definition) is 1. The highest BCUT2D eigenvalue weighted by Crippen LogP contribution is 2.27. The molecule has 0 aliphatic carbocycles. The number of nitrogens with zero attached hydrogens (tertiary/aromatic N) is 2. The topological polar surface area (TPSA) is 28.2 Å². The molecule has 0 amide bonds. The van der Waals surface area contributed by atoms with E-state index in [9.17, 15) is 0 Å². The number of aromatic nitrogens is 1. The summed E-state index contributed by atoms with van der Waals surface area (Å²) >= 11 is 1.81. The lowest BCUT2D eigenvalue weighted by molar-refractivity contribution is 0.113. The lowest BCUT2D eigenvalue weighted by Crippen LogP contribution is -2.49. The molecule has 2 unspecified atom stereocenters. The van der Waals surface area contributed by atoms with Gasteiger partial charge in [-0.15, -0.1) is 11.3 Å². The van der Waals surface area contributed by atoms with Gasteiger partial charge in [-0.05, 0) is 45.7 Å². The largest absolute Gasteiger partial charge is 0.312 e. The maximum absolute atomic E-state index is 4.38. The van der Waals surface area contributed by atoms with Crippen LogP contribution in [0.4, 0.5) is 0 Å². The molecule has 0 aromatic carbocycles. The van der Waals surface area contributed by atoms with E-state index in [1.807, 2.05) is 16.8 Å². The van der Waals surface area contributed by atoms with Crippen molar-refractivity contribution in [3.63, 3.8) is 0 Å². The first-order valence-corrected chi connectivity index (χ1v) is 8.09. The van der Waals surface area contributed by atoms with Gasteiger partial charge in [0.25, 0.3) is 0 Å². The molecule has 2 aliphatic rings. The lowest BCUT2D eigenvalue weighted by atomic mass is 9.94. The van der Waals surface area contributed by atoms with Crippen LogP contribution in [0.25, 0.3) is 0 Å². The predicted molar refractivity (Wildman–Crippen MR) is 75.9 cm³/mol. The summed E-state index contributed by atoms with van der Waals surface area (Å²) in [5.41, 5.74) is 3.21. The van der Waals surface area contributed by atoms with Crippen LogP contribution < -0.4 is 5.32 Å². The van der Waals surface area contributed by atoms with E-state index in [0.717, 1.165) is 18.6 Å². The van der Waals surface area contributed by atoms with Gasteiger partial charge in [-0.3, -0.25) is 4.90 Å². The van der Waals surface area contributed by atoms with E-state index >= 15 is 0 Å². The van der Waals surface area contributed by atoms with Crippen LogP contribution in [0, 0.1) is 6.92 Å². The summed E-state index contributed by atoms with van der Waals surface area (Å²) in [7, 11) is 0. The molecule has 3 rings (SSSR count). The molecule has 3 heterocycles. The SMILES string of the molecule is Cc1ncsc1CN1CCCCC1C1CCCN1. The summed E-state index contributed by atoms with van der Waals surface area (Å²) in [6, 6.07) is 1.49. The predicted octanol–water partition coefficient (Wildman–Crippen LogP) is 2.56. The lowest BCUT2D eigenvalue weighted by Gasteiger charge is -2.39. The molecule has 0 spiro atoms. The van der Waals surface area contributed by atoms with Crippen LogP contribution >= 0.6 is 11.3 Å². The maximum atomic E-state index is 4.38. The molecule has 2 fully saturated rings. The fourth-order valence-corrected chi connectivity index (χ4v) is 4.17. The summed E-state index contributed by atoms with van der Waals surface area (Å²) in [4.78, 5) is 8.54. The minimum absolute atomic E-state index is 0.735. The standard InChI is InChI=1S/C14H23N3S/c1-11-14(18-10-16-11)9-17-8-3-2-6-13(17)12-5-4-7-15-12/h10,12-13,15H,2-9H2,1H3. The van der Waals surface area contributed by atoms with Crippen LogP contribution in [0.1, 0.15) is 42.7 Å². The molecule has 18 heavy (non-hydrogen) atoms. The van der Waals surface area contributed by atoms with Crippen molar-refractivity contribution in [3.8, 4) is 0 Å². The fourth-order valence-electron chi connectivity index (χ4n) is 3.37. The minimum Gasteiger partial charge on any atom is -0.312 e. The highest BCUT2D eigenvalue weighted by molar-refractivity contribution is 7.09. The molecule has 1 N–H and O–H groups in total. The molecule has 1 aromatic rings. The monoisotopic (exact) mass is 265 g/mol. The highest BCUT2D eigenvalue weighted by atomic mass is 32.1. The number of aryl methyl sites for hydroxylation is 1. The molecular weight excluding hydrogens is 242 g/mol. The Labute approximate surface area is 114 Å². The summed E-state index contributed by atoms with van der Waals surface area (Å²) in [5.74, 6) is 0. The van der Waals surface area contributed by atoms with Gasteiger partial charge in [0.1, 0.15) is 0 Å². The Morgan fingerprint density at radius 2 is 2.33 bits per heavy atom. The molecule has 2 saturated heterocycles. The molecule has 0 saturated carbocycles. The van der Waals surface area contributed by atoms with Crippen molar-refractivity contribution < 1.29 is 0 Å². The third-order valence-electron chi connectivity index (χ3n) is 4.42. The van der Waals surface area contributed by atoms with Crippen LogP contribution in [0.5, 0.6) is 0 Å². The van der Waals surface area contributed by atoms with Crippen molar-refractivity contribution in [2.24, 2.45) is 0 Å². The first kappa shape index (κ1) is 12.6. The fraction of sp³-hybridized carbons (Fsp3) is 0.786. The van der Waals surface area contributed by atoms with Gasteiger partial charge in [0.05, 0.1) is 11.2 Å². The van der Waals surface area contributed by atoms with Crippen molar-refractivity contribution in [3.05, 3.63) is 16.1 Å². The van der Waals surface area contributed by atoms with E-state index in [2.05, 4.69) is 22.1 Å². The first-order valence-electron chi connectivity index (χ1n) is 7.21. The quantitative estimate of drug-likeness (QED) is 0.910. The second kappa shape index (κ2) is 5.68. The third-order valence-corrected chi connectivity index (χ3v) is 5.34. The Kier molecular flexibility index (Phi) is 3.97. The Hall–Kier alpha value is -0.450. The Balaban J connectivity index is 1.69. The highest BCUT2D eigenvalue weighted by Gasteiger charge is 2.31. The van der Waals surface area contributed by atoms with Gasteiger partial charge in [-0.2, -0.15) is 0 Å². The van der Waals surface area contributed by atoms with Gasteiger partial charge < -0.3 is 5.32 Å². The van der Waals surface area contributed by atoms with E-state index in [1.165, 1.54) is 55.8 Å². The van der Waals surface area contributed by atoms with Gasteiger partial charge in [0, 0.05) is 23.5 Å². The maximum Gasteiger partial charge on any atom is 0.0798 e. The molecule has 100 valence electrons. The van der Waals surface area contributed by atoms with Crippen LogP contribution in [-0.2, 0) is 6.54 Å². The Morgan fingerprint density at radius 3 is 3.06 bits per heavy atom. The van der Waals surface area contributed by atoms with Crippen LogP contribution in [0.2, 0.25) is 0 Å². The van der Waals surface area contributed by atoms with Crippen molar-refractivity contribution in [2.45, 2.75) is 57.7 Å². The van der Waals surface area contributed by atoms with E-state index in [4.69, 9.17) is 0 Å². The summed E-state index contributed by atoms with van der Waals surface area (Å²) in [6.45, 7) is 5.73. The molecular formula is C14H23N3S. The molecule has 3 nitrogen and oxygen atoms in total. The summed E-state index contributed by atoms with van der Waals surface area (Å²) in [5, 5.41) is 3.70. The zero-order valence-corrected chi connectivity index (χ0v) is 12.0. The van der Waals surface area contributed by atoms with Crippen molar-refractivity contribution >= 4 is 11.3 Å². The number of thiazole rings is 1. The van der Waals surface area contributed by atoms with Gasteiger partial charge in [-0.1, -0.05) is 6.42 Å². The second-order valence-corrected chi connectivity index (χ2v) is 6.54.